The van der Waals surface area contributed by atoms with Crippen LogP contribution in [0, 0.1) is 5.82 Å². The molecule has 30 heavy (non-hydrogen) atoms. The molecule has 6 nitrogen and oxygen atoms in total. The number of amides is 1. The van der Waals surface area contributed by atoms with E-state index in [9.17, 15) is 14.3 Å². The van der Waals surface area contributed by atoms with Crippen molar-refractivity contribution in [3.05, 3.63) is 82.9 Å². The Labute approximate surface area is 178 Å². The molecule has 0 unspecified atom stereocenters. The van der Waals surface area contributed by atoms with E-state index in [-0.39, 0.29) is 24.3 Å². The van der Waals surface area contributed by atoms with Crippen LogP contribution in [0.5, 0.6) is 0 Å². The molecule has 1 saturated heterocycles. The third kappa shape index (κ3) is 4.70. The second kappa shape index (κ2) is 8.95. The van der Waals surface area contributed by atoms with E-state index >= 15 is 0 Å². The van der Waals surface area contributed by atoms with Crippen LogP contribution in [0.2, 0.25) is 5.02 Å². The van der Waals surface area contributed by atoms with E-state index in [1.807, 2.05) is 28.9 Å². The molecule has 1 aliphatic heterocycles. The molecule has 4 rings (SSSR count). The van der Waals surface area contributed by atoms with Crippen molar-refractivity contribution in [2.24, 2.45) is 0 Å². The van der Waals surface area contributed by atoms with Crippen LogP contribution in [-0.2, 0) is 6.54 Å². The summed E-state index contributed by atoms with van der Waals surface area (Å²) >= 11 is 6.08. The Morgan fingerprint density at radius 1 is 1.27 bits per heavy atom. The van der Waals surface area contributed by atoms with Gasteiger partial charge in [-0.2, -0.15) is 5.10 Å². The topological polar surface area (TPSA) is 70.4 Å². The van der Waals surface area contributed by atoms with Gasteiger partial charge in [0.1, 0.15) is 5.82 Å². The highest BCUT2D eigenvalue weighted by Crippen LogP contribution is 2.29. The first-order valence-electron chi connectivity index (χ1n) is 9.72. The van der Waals surface area contributed by atoms with Gasteiger partial charge in [0, 0.05) is 35.9 Å². The number of nitrogens with zero attached hydrogens (tertiary/aromatic N) is 3. The number of aromatic nitrogens is 2. The lowest BCUT2D eigenvalue weighted by Gasteiger charge is -2.22. The summed E-state index contributed by atoms with van der Waals surface area (Å²) < 4.78 is 15.1. The van der Waals surface area contributed by atoms with Gasteiger partial charge in [-0.05, 0) is 42.3 Å². The average molecular weight is 429 g/mol. The summed E-state index contributed by atoms with van der Waals surface area (Å²) in [5, 5.41) is 17.6. The van der Waals surface area contributed by atoms with Crippen molar-refractivity contribution in [1.29, 1.82) is 0 Å². The number of aliphatic hydroxyl groups is 1. The number of aliphatic hydroxyl groups excluding tert-OH is 1. The largest absolute Gasteiger partial charge is 0.395 e. The van der Waals surface area contributed by atoms with E-state index in [2.05, 4.69) is 15.3 Å². The second-order valence-corrected chi connectivity index (χ2v) is 7.90. The molecular weight excluding hydrogens is 407 g/mol. The third-order valence-electron chi connectivity index (χ3n) is 5.31. The molecule has 3 aromatic rings. The van der Waals surface area contributed by atoms with E-state index in [0.29, 0.717) is 17.3 Å². The predicted molar refractivity (Wildman–Crippen MR) is 113 cm³/mol. The Morgan fingerprint density at radius 3 is 2.87 bits per heavy atom. The van der Waals surface area contributed by atoms with E-state index in [0.717, 1.165) is 18.5 Å². The van der Waals surface area contributed by atoms with E-state index in [4.69, 9.17) is 11.6 Å². The minimum absolute atomic E-state index is 0.0171. The summed E-state index contributed by atoms with van der Waals surface area (Å²) in [6, 6.07) is 13.3. The first kappa shape index (κ1) is 20.5. The van der Waals surface area contributed by atoms with Crippen molar-refractivity contribution >= 4 is 23.2 Å². The van der Waals surface area contributed by atoms with Gasteiger partial charge in [-0.15, -0.1) is 0 Å². The van der Waals surface area contributed by atoms with Crippen molar-refractivity contribution in [1.82, 2.24) is 14.7 Å². The fourth-order valence-corrected chi connectivity index (χ4v) is 4.05. The van der Waals surface area contributed by atoms with Crippen LogP contribution in [0.3, 0.4) is 0 Å². The molecule has 1 aliphatic rings. The molecule has 1 amide bonds. The molecule has 0 bridgehead atoms. The zero-order valence-electron chi connectivity index (χ0n) is 16.2. The molecule has 0 aliphatic carbocycles. The highest BCUT2D eigenvalue weighted by Gasteiger charge is 2.33. The zero-order valence-corrected chi connectivity index (χ0v) is 17.0. The molecule has 0 spiro atoms. The lowest BCUT2D eigenvalue weighted by molar-refractivity contribution is 0.102. The number of halogens is 2. The molecule has 2 N–H and O–H groups in total. The lowest BCUT2D eigenvalue weighted by atomic mass is 10.1. The van der Waals surface area contributed by atoms with Gasteiger partial charge in [0.15, 0.2) is 0 Å². The van der Waals surface area contributed by atoms with Crippen LogP contribution < -0.4 is 5.32 Å². The minimum atomic E-state index is -0.459. The smallest absolute Gasteiger partial charge is 0.255 e. The number of likely N-dealkylation sites (tertiary alicyclic amines) is 1. The number of hydrogen-bond acceptors (Lipinski definition) is 4. The Balaban J connectivity index is 1.42. The number of rotatable bonds is 6. The Bertz CT molecular complexity index is 1040. The minimum Gasteiger partial charge on any atom is -0.395 e. The molecule has 1 aromatic heterocycles. The van der Waals surface area contributed by atoms with Crippen LogP contribution in [0.4, 0.5) is 10.1 Å². The van der Waals surface area contributed by atoms with E-state index in [1.54, 1.807) is 18.5 Å². The number of carbonyl (C=O) groups excluding carboxylic acids is 1. The van der Waals surface area contributed by atoms with E-state index < -0.39 is 11.7 Å². The summed E-state index contributed by atoms with van der Waals surface area (Å²) in [5.74, 6) is -0.851. The molecule has 2 heterocycles. The maximum atomic E-state index is 13.3. The van der Waals surface area contributed by atoms with Gasteiger partial charge in [0.05, 0.1) is 24.5 Å². The number of nitrogens with one attached hydrogen (secondary N) is 1. The molecule has 0 saturated carbocycles. The fourth-order valence-electron chi connectivity index (χ4n) is 3.84. The van der Waals surface area contributed by atoms with Gasteiger partial charge in [0.2, 0.25) is 0 Å². The standard InChI is InChI=1S/C22H22ClFN4O2/c23-17-5-1-3-15(7-17)11-27-13-20(9-21(27)14-29)28-12-19(10-25-28)26-22(30)16-4-2-6-18(24)8-16/h1-8,10,12,20-21,29H,9,11,13-14H2,(H,26,30)/t20-,21-/m0/s1. The zero-order chi connectivity index (χ0) is 21.1. The van der Waals surface area contributed by atoms with Gasteiger partial charge in [0.25, 0.3) is 5.91 Å². The van der Waals surface area contributed by atoms with Gasteiger partial charge in [-0.3, -0.25) is 14.4 Å². The molecule has 8 heteroatoms. The van der Waals surface area contributed by atoms with Crippen molar-refractivity contribution in [2.45, 2.75) is 25.0 Å². The van der Waals surface area contributed by atoms with Crippen molar-refractivity contribution in [2.75, 3.05) is 18.5 Å². The summed E-state index contributed by atoms with van der Waals surface area (Å²) in [6.07, 6.45) is 4.08. The maximum absolute atomic E-state index is 13.3. The van der Waals surface area contributed by atoms with Crippen molar-refractivity contribution in [3.8, 4) is 0 Å². The molecule has 2 aromatic carbocycles. The van der Waals surface area contributed by atoms with Gasteiger partial charge in [-0.25, -0.2) is 4.39 Å². The SMILES string of the molecule is O=C(Nc1cnn([C@H]2C[C@@H](CO)N(Cc3cccc(Cl)c3)C2)c1)c1cccc(F)c1. The highest BCUT2D eigenvalue weighted by atomic mass is 35.5. The van der Waals surface area contributed by atoms with Crippen molar-refractivity contribution < 1.29 is 14.3 Å². The Kier molecular flexibility index (Phi) is 6.13. The lowest BCUT2D eigenvalue weighted by Crippen LogP contribution is -2.31. The Morgan fingerprint density at radius 2 is 2.10 bits per heavy atom. The maximum Gasteiger partial charge on any atom is 0.255 e. The number of hydrogen-bond donors (Lipinski definition) is 2. The highest BCUT2D eigenvalue weighted by molar-refractivity contribution is 6.30. The van der Waals surface area contributed by atoms with Crippen LogP contribution in [0.1, 0.15) is 28.4 Å². The molecule has 2 atom stereocenters. The summed E-state index contributed by atoms with van der Waals surface area (Å²) in [6.45, 7) is 1.46. The second-order valence-electron chi connectivity index (χ2n) is 7.46. The fraction of sp³-hybridized carbons (Fsp3) is 0.273. The van der Waals surface area contributed by atoms with Crippen LogP contribution in [0.25, 0.3) is 0 Å². The van der Waals surface area contributed by atoms with Gasteiger partial charge in [-0.1, -0.05) is 29.8 Å². The normalized spacial score (nSPS) is 19.2. The molecule has 1 fully saturated rings. The summed E-state index contributed by atoms with van der Waals surface area (Å²) in [4.78, 5) is 14.5. The predicted octanol–water partition coefficient (Wildman–Crippen LogP) is 3.74. The van der Waals surface area contributed by atoms with Crippen molar-refractivity contribution in [3.63, 3.8) is 0 Å². The monoisotopic (exact) mass is 428 g/mol. The first-order valence-corrected chi connectivity index (χ1v) is 10.1. The van der Waals surface area contributed by atoms with Crippen LogP contribution in [0.15, 0.2) is 60.9 Å². The molecular formula is C22H22ClFN4O2. The number of carbonyl (C=O) groups is 1. The summed E-state index contributed by atoms with van der Waals surface area (Å²) in [7, 11) is 0. The average Bonchev–Trinajstić information content (AvgIpc) is 3.35. The number of benzene rings is 2. The quantitative estimate of drug-likeness (QED) is 0.627. The molecule has 156 valence electrons. The van der Waals surface area contributed by atoms with Crippen LogP contribution in [-0.4, -0.2) is 44.9 Å². The first-order chi connectivity index (χ1) is 14.5. The van der Waals surface area contributed by atoms with Gasteiger partial charge >= 0.3 is 0 Å². The molecule has 0 radical (unpaired) electrons. The van der Waals surface area contributed by atoms with Crippen LogP contribution >= 0.6 is 11.6 Å². The Hall–Kier alpha value is -2.74. The number of anilines is 1. The van der Waals surface area contributed by atoms with E-state index in [1.165, 1.54) is 18.2 Å². The summed E-state index contributed by atoms with van der Waals surface area (Å²) in [5.41, 5.74) is 1.87. The van der Waals surface area contributed by atoms with Gasteiger partial charge < -0.3 is 10.4 Å². The third-order valence-corrected chi connectivity index (χ3v) is 5.55.